The average Bonchev–Trinajstić information content (AvgIpc) is 3.32. The van der Waals surface area contributed by atoms with Crippen LogP contribution < -0.4 is 10.6 Å². The van der Waals surface area contributed by atoms with Gasteiger partial charge in [0.1, 0.15) is 31.5 Å². The van der Waals surface area contributed by atoms with Gasteiger partial charge in [-0.25, -0.2) is 14.4 Å². The van der Waals surface area contributed by atoms with Crippen molar-refractivity contribution in [3.05, 3.63) is 95.6 Å². The van der Waals surface area contributed by atoms with E-state index in [9.17, 15) is 19.2 Å². The van der Waals surface area contributed by atoms with Crippen LogP contribution in [0.15, 0.2) is 78.9 Å². The molecule has 10 heteroatoms. The number of nitrogens with one attached hydrogen (secondary N) is 2. The van der Waals surface area contributed by atoms with Crippen LogP contribution in [0, 0.1) is 5.92 Å². The van der Waals surface area contributed by atoms with Gasteiger partial charge in [0.25, 0.3) is 0 Å². The van der Waals surface area contributed by atoms with Crippen molar-refractivity contribution in [2.75, 3.05) is 13.2 Å². The smallest absolute Gasteiger partial charge is 0.459 e. The molecule has 4 rings (SSSR count). The molecule has 0 bridgehead atoms. The quantitative estimate of drug-likeness (QED) is 0.207. The molecule has 1 aliphatic carbocycles. The molecule has 1 aliphatic rings. The van der Waals surface area contributed by atoms with Gasteiger partial charge in [-0.2, -0.15) is 0 Å². The van der Waals surface area contributed by atoms with E-state index in [-0.39, 0.29) is 25.0 Å². The molecule has 0 heterocycles. The van der Waals surface area contributed by atoms with E-state index >= 15 is 0 Å². The van der Waals surface area contributed by atoms with Crippen LogP contribution in [0.3, 0.4) is 0 Å². The van der Waals surface area contributed by atoms with Crippen LogP contribution in [0.1, 0.15) is 57.2 Å². The zero-order chi connectivity index (χ0) is 32.6. The minimum Gasteiger partial charge on any atom is -0.459 e. The first kappa shape index (κ1) is 33.0. The first-order valence-electron chi connectivity index (χ1n) is 14.9. The summed E-state index contributed by atoms with van der Waals surface area (Å²) in [6.45, 7) is 7.98. The van der Waals surface area contributed by atoms with Gasteiger partial charge < -0.3 is 29.6 Å². The van der Waals surface area contributed by atoms with Crippen molar-refractivity contribution in [2.45, 2.75) is 64.8 Å². The molecule has 0 spiro atoms. The molecule has 45 heavy (non-hydrogen) atoms. The summed E-state index contributed by atoms with van der Waals surface area (Å²) in [5.41, 5.74) is 4.24. The first-order valence-corrected chi connectivity index (χ1v) is 14.9. The third kappa shape index (κ3) is 9.07. The predicted octanol–water partition coefficient (Wildman–Crippen LogP) is 5.73. The van der Waals surface area contributed by atoms with Gasteiger partial charge in [0.15, 0.2) is 6.04 Å². The summed E-state index contributed by atoms with van der Waals surface area (Å²) in [4.78, 5) is 51.6. The second-order valence-electron chi connectivity index (χ2n) is 12.1. The molecule has 0 radical (unpaired) electrons. The summed E-state index contributed by atoms with van der Waals surface area (Å²) in [6, 6.07) is 22.5. The van der Waals surface area contributed by atoms with E-state index in [1.807, 2.05) is 54.6 Å². The summed E-state index contributed by atoms with van der Waals surface area (Å²) in [6.07, 6.45) is -1.78. The molecule has 0 unspecified atom stereocenters. The summed E-state index contributed by atoms with van der Waals surface area (Å²) in [5.74, 6) is -2.02. The molecule has 3 aromatic carbocycles. The molecular formula is C35H40N2O8. The molecule has 2 N–H and O–H groups in total. The van der Waals surface area contributed by atoms with Gasteiger partial charge in [-0.15, -0.1) is 0 Å². The van der Waals surface area contributed by atoms with Crippen LogP contribution >= 0.6 is 0 Å². The number of carbonyl (C=O) groups is 4. The summed E-state index contributed by atoms with van der Waals surface area (Å²) >= 11 is 0. The van der Waals surface area contributed by atoms with E-state index in [4.69, 9.17) is 18.9 Å². The lowest BCUT2D eigenvalue weighted by atomic mass is 9.98. The van der Waals surface area contributed by atoms with E-state index in [2.05, 4.69) is 10.6 Å². The fourth-order valence-corrected chi connectivity index (χ4v) is 4.99. The van der Waals surface area contributed by atoms with Crippen molar-refractivity contribution in [2.24, 2.45) is 5.92 Å². The normalized spacial score (nSPS) is 13.6. The predicted molar refractivity (Wildman–Crippen MR) is 167 cm³/mol. The molecule has 2 amide bonds. The van der Waals surface area contributed by atoms with Gasteiger partial charge in [-0.3, -0.25) is 4.79 Å². The number of fused-ring (bicyclic) bond motifs is 3. The Morgan fingerprint density at radius 2 is 1.33 bits per heavy atom. The molecule has 3 aromatic rings. The van der Waals surface area contributed by atoms with Crippen LogP contribution in [0.4, 0.5) is 9.59 Å². The Labute approximate surface area is 263 Å². The number of hydrogen-bond acceptors (Lipinski definition) is 8. The zero-order valence-corrected chi connectivity index (χ0v) is 26.2. The zero-order valence-electron chi connectivity index (χ0n) is 26.2. The molecule has 0 fully saturated rings. The van der Waals surface area contributed by atoms with Crippen LogP contribution in [0.2, 0.25) is 0 Å². The maximum atomic E-state index is 13.4. The topological polar surface area (TPSA) is 129 Å². The molecule has 10 nitrogen and oxygen atoms in total. The van der Waals surface area contributed by atoms with Crippen LogP contribution in [0.5, 0.6) is 0 Å². The Morgan fingerprint density at radius 3 is 1.91 bits per heavy atom. The first-order chi connectivity index (χ1) is 21.4. The fourth-order valence-electron chi connectivity index (χ4n) is 4.99. The number of benzene rings is 3. The molecule has 0 saturated heterocycles. The van der Waals surface area contributed by atoms with Gasteiger partial charge >= 0.3 is 18.2 Å². The Bertz CT molecular complexity index is 1450. The van der Waals surface area contributed by atoms with Crippen LogP contribution in [0.25, 0.3) is 11.1 Å². The van der Waals surface area contributed by atoms with Crippen molar-refractivity contribution >= 4 is 24.1 Å². The Hall–Kier alpha value is -4.86. The monoisotopic (exact) mass is 616 g/mol. The fraction of sp³-hybridized carbons (Fsp3) is 0.371. The highest BCUT2D eigenvalue weighted by atomic mass is 16.7. The number of carbonyl (C=O) groups excluding carboxylic acids is 4. The lowest BCUT2D eigenvalue weighted by molar-refractivity contribution is -0.151. The number of amides is 2. The van der Waals surface area contributed by atoms with Gasteiger partial charge in [-0.1, -0.05) is 92.7 Å². The Morgan fingerprint density at radius 1 is 0.756 bits per heavy atom. The van der Waals surface area contributed by atoms with Crippen LogP contribution in [-0.4, -0.2) is 55.0 Å². The number of hydrogen-bond donors (Lipinski definition) is 2. The van der Waals surface area contributed by atoms with Crippen molar-refractivity contribution < 1.29 is 38.1 Å². The lowest BCUT2D eigenvalue weighted by Crippen LogP contribution is -2.55. The van der Waals surface area contributed by atoms with Crippen molar-refractivity contribution in [3.63, 3.8) is 0 Å². The van der Waals surface area contributed by atoms with Gasteiger partial charge in [0, 0.05) is 5.92 Å². The maximum absolute atomic E-state index is 13.4. The highest BCUT2D eigenvalue weighted by Gasteiger charge is 2.33. The lowest BCUT2D eigenvalue weighted by Gasteiger charge is -2.25. The summed E-state index contributed by atoms with van der Waals surface area (Å²) in [7, 11) is 0. The Balaban J connectivity index is 1.40. The number of alkyl carbamates (subject to hydrolysis) is 1. The minimum absolute atomic E-state index is 0.0515. The highest BCUT2D eigenvalue weighted by Crippen LogP contribution is 2.44. The maximum Gasteiger partial charge on any atom is 0.508 e. The van der Waals surface area contributed by atoms with Gasteiger partial charge in [-0.05, 0) is 54.5 Å². The number of ether oxygens (including phenoxy) is 4. The van der Waals surface area contributed by atoms with E-state index in [1.165, 1.54) is 0 Å². The number of rotatable bonds is 11. The van der Waals surface area contributed by atoms with Crippen LogP contribution in [-0.2, 0) is 35.1 Å². The molecule has 0 aliphatic heterocycles. The standard InChI is InChI=1S/C35H40N2O8/c1-22(2)30(37-33(40)43-20-28-26-17-11-9-15-24(26)25-16-10-12-18-27(25)28)31(38)36-29(21-44-34(41)45-35(3,4)5)32(39)42-19-23-13-7-6-8-14-23/h6-18,22,28-30H,19-21H2,1-5H3,(H,36,38)(H,37,40)/t29-,30+/m1/s1. The van der Waals surface area contributed by atoms with Crippen molar-refractivity contribution in [3.8, 4) is 11.1 Å². The molecule has 0 saturated carbocycles. The van der Waals surface area contributed by atoms with E-state index < -0.39 is 48.4 Å². The largest absolute Gasteiger partial charge is 0.508 e. The Kier molecular flexibility index (Phi) is 10.8. The van der Waals surface area contributed by atoms with E-state index in [1.54, 1.807) is 58.9 Å². The van der Waals surface area contributed by atoms with E-state index in [0.717, 1.165) is 27.8 Å². The molecule has 238 valence electrons. The van der Waals surface area contributed by atoms with Gasteiger partial charge in [0.2, 0.25) is 5.91 Å². The summed E-state index contributed by atoms with van der Waals surface area (Å²) in [5, 5.41) is 5.19. The van der Waals surface area contributed by atoms with Gasteiger partial charge in [0.05, 0.1) is 0 Å². The molecule has 0 aromatic heterocycles. The average molecular weight is 617 g/mol. The second-order valence-corrected chi connectivity index (χ2v) is 12.1. The molecular weight excluding hydrogens is 576 g/mol. The number of esters is 1. The third-order valence-corrected chi connectivity index (χ3v) is 7.15. The molecule has 2 atom stereocenters. The highest BCUT2D eigenvalue weighted by molar-refractivity contribution is 5.90. The van der Waals surface area contributed by atoms with E-state index in [0.29, 0.717) is 0 Å². The third-order valence-electron chi connectivity index (χ3n) is 7.15. The summed E-state index contributed by atoms with van der Waals surface area (Å²) < 4.78 is 21.3. The SMILES string of the molecule is CC(C)[C@H](NC(=O)OCC1c2ccccc2-c2ccccc21)C(=O)N[C@H](COC(=O)OC(C)(C)C)C(=O)OCc1ccccc1. The van der Waals surface area contributed by atoms with Crippen molar-refractivity contribution in [1.29, 1.82) is 0 Å². The van der Waals surface area contributed by atoms with Crippen molar-refractivity contribution in [1.82, 2.24) is 10.6 Å². The minimum atomic E-state index is -1.36. The second kappa shape index (κ2) is 14.7.